The van der Waals surface area contributed by atoms with E-state index < -0.39 is 17.5 Å². The Hall–Kier alpha value is -3.06. The van der Waals surface area contributed by atoms with Crippen LogP contribution < -0.4 is 11.1 Å². The number of carbonyl (C=O) groups excluding carboxylic acids is 1. The maximum absolute atomic E-state index is 14.0. The number of hydrogen-bond acceptors (Lipinski definition) is 4. The lowest BCUT2D eigenvalue weighted by atomic mass is 10.1. The molecular weight excluding hydrogens is 350 g/mol. The topological polar surface area (TPSA) is 80.9 Å². The molecule has 3 rings (SSSR count). The van der Waals surface area contributed by atoms with Crippen molar-refractivity contribution in [2.24, 2.45) is 5.73 Å². The Bertz CT molecular complexity index is 965. The smallest absolute Gasteiger partial charge is 0.252 e. The molecule has 3 N–H and O–H groups in total. The molecule has 0 aliphatic carbocycles. The van der Waals surface area contributed by atoms with Gasteiger partial charge in [0.05, 0.1) is 17.5 Å². The van der Waals surface area contributed by atoms with Gasteiger partial charge < -0.3 is 11.1 Å². The number of benzene rings is 1. The number of pyridine rings is 2. The second kappa shape index (κ2) is 6.82. The van der Waals surface area contributed by atoms with Crippen LogP contribution in [0, 0.1) is 11.6 Å². The van der Waals surface area contributed by atoms with Gasteiger partial charge in [-0.1, -0.05) is 11.6 Å². The van der Waals surface area contributed by atoms with E-state index in [1.54, 1.807) is 12.1 Å². The molecule has 0 spiro atoms. The molecule has 8 heteroatoms. The first kappa shape index (κ1) is 16.8. The lowest BCUT2D eigenvalue weighted by Gasteiger charge is -2.10. The summed E-state index contributed by atoms with van der Waals surface area (Å²) in [7, 11) is 0. The van der Waals surface area contributed by atoms with E-state index in [0.29, 0.717) is 16.4 Å². The average molecular weight is 361 g/mol. The molecule has 1 amide bonds. The van der Waals surface area contributed by atoms with Crippen LogP contribution in [-0.2, 0) is 0 Å². The Balaban J connectivity index is 1.98. The van der Waals surface area contributed by atoms with Gasteiger partial charge in [0, 0.05) is 22.5 Å². The molecule has 3 aromatic rings. The number of nitrogens with zero attached hydrogens (tertiary/aromatic N) is 2. The summed E-state index contributed by atoms with van der Waals surface area (Å²) in [5.74, 6) is -1.91. The predicted molar refractivity (Wildman–Crippen MR) is 90.6 cm³/mol. The third kappa shape index (κ3) is 3.72. The lowest BCUT2D eigenvalue weighted by Crippen LogP contribution is -2.14. The maximum atomic E-state index is 14.0. The fraction of sp³-hybridized carbons (Fsp3) is 0. The SMILES string of the molecule is NC(=O)c1cc(F)cnc1Nc1ccnc(-c2cc(Cl)ccc2F)c1. The normalized spacial score (nSPS) is 10.5. The highest BCUT2D eigenvalue weighted by Crippen LogP contribution is 2.27. The molecule has 0 aliphatic heterocycles. The summed E-state index contributed by atoms with van der Waals surface area (Å²) in [6, 6.07) is 8.24. The molecule has 0 unspecified atom stereocenters. The van der Waals surface area contributed by atoms with Crippen molar-refractivity contribution < 1.29 is 13.6 Å². The second-order valence-electron chi connectivity index (χ2n) is 5.09. The number of nitrogens with two attached hydrogens (primary N) is 1. The van der Waals surface area contributed by atoms with Crippen molar-refractivity contribution in [2.75, 3.05) is 5.32 Å². The van der Waals surface area contributed by atoms with Gasteiger partial charge in [-0.2, -0.15) is 0 Å². The number of primary amides is 1. The van der Waals surface area contributed by atoms with Gasteiger partial charge in [-0.05, 0) is 36.4 Å². The van der Waals surface area contributed by atoms with Crippen LogP contribution in [-0.4, -0.2) is 15.9 Å². The molecule has 25 heavy (non-hydrogen) atoms. The monoisotopic (exact) mass is 360 g/mol. The van der Waals surface area contributed by atoms with Gasteiger partial charge in [0.15, 0.2) is 0 Å². The van der Waals surface area contributed by atoms with E-state index in [-0.39, 0.29) is 16.9 Å². The molecule has 5 nitrogen and oxygen atoms in total. The number of hydrogen-bond donors (Lipinski definition) is 2. The van der Waals surface area contributed by atoms with Crippen LogP contribution in [0.15, 0.2) is 48.8 Å². The second-order valence-corrected chi connectivity index (χ2v) is 5.53. The highest BCUT2D eigenvalue weighted by atomic mass is 35.5. The quantitative estimate of drug-likeness (QED) is 0.739. The van der Waals surface area contributed by atoms with E-state index in [2.05, 4.69) is 15.3 Å². The molecule has 0 saturated heterocycles. The van der Waals surface area contributed by atoms with Gasteiger partial charge in [-0.15, -0.1) is 0 Å². The van der Waals surface area contributed by atoms with Crippen LogP contribution in [0.4, 0.5) is 20.3 Å². The highest BCUT2D eigenvalue weighted by molar-refractivity contribution is 6.30. The van der Waals surface area contributed by atoms with Crippen LogP contribution in [0.5, 0.6) is 0 Å². The fourth-order valence-corrected chi connectivity index (χ4v) is 2.38. The summed E-state index contributed by atoms with van der Waals surface area (Å²) in [5, 5.41) is 3.22. The van der Waals surface area contributed by atoms with Crippen LogP contribution >= 0.6 is 11.6 Å². The molecule has 2 aromatic heterocycles. The van der Waals surface area contributed by atoms with Gasteiger partial charge in [0.1, 0.15) is 17.5 Å². The third-order valence-corrected chi connectivity index (χ3v) is 3.58. The van der Waals surface area contributed by atoms with Gasteiger partial charge >= 0.3 is 0 Å². The van der Waals surface area contributed by atoms with Crippen molar-refractivity contribution in [1.29, 1.82) is 0 Å². The lowest BCUT2D eigenvalue weighted by molar-refractivity contribution is 0.100. The van der Waals surface area contributed by atoms with Gasteiger partial charge in [-0.25, -0.2) is 13.8 Å². The Labute approximate surface area is 146 Å². The summed E-state index contributed by atoms with van der Waals surface area (Å²) in [5.41, 5.74) is 6.14. The molecule has 0 atom stereocenters. The number of amides is 1. The molecule has 0 bridgehead atoms. The summed E-state index contributed by atoms with van der Waals surface area (Å²) < 4.78 is 27.2. The number of aromatic nitrogens is 2. The third-order valence-electron chi connectivity index (χ3n) is 3.35. The zero-order valence-corrected chi connectivity index (χ0v) is 13.4. The first-order valence-corrected chi connectivity index (χ1v) is 7.45. The predicted octanol–water partition coefficient (Wildman–Crippen LogP) is 3.92. The van der Waals surface area contributed by atoms with Crippen LogP contribution in [0.3, 0.4) is 0 Å². The summed E-state index contributed by atoms with van der Waals surface area (Å²) in [6.07, 6.45) is 2.40. The van der Waals surface area contributed by atoms with Gasteiger partial charge in [0.2, 0.25) is 0 Å². The minimum Gasteiger partial charge on any atom is -0.365 e. The minimum atomic E-state index is -0.829. The largest absolute Gasteiger partial charge is 0.365 e. The molecular formula is C17H11ClF2N4O. The first-order chi connectivity index (χ1) is 11.9. The first-order valence-electron chi connectivity index (χ1n) is 7.08. The molecule has 0 saturated carbocycles. The highest BCUT2D eigenvalue weighted by Gasteiger charge is 2.13. The standard InChI is InChI=1S/C17H11ClF2N4O/c18-9-1-2-14(20)12(5-9)15-7-11(3-4-22-15)24-17-13(16(21)25)6-10(19)8-23-17/h1-8H,(H2,21,25)(H,22,23,24). The van der Waals surface area contributed by atoms with E-state index in [4.69, 9.17) is 17.3 Å². The molecule has 1 aromatic carbocycles. The summed E-state index contributed by atoms with van der Waals surface area (Å²) in [4.78, 5) is 19.4. The maximum Gasteiger partial charge on any atom is 0.252 e. The molecule has 2 heterocycles. The van der Waals surface area contributed by atoms with E-state index in [1.165, 1.54) is 24.4 Å². The van der Waals surface area contributed by atoms with Crippen LogP contribution in [0.1, 0.15) is 10.4 Å². The molecule has 126 valence electrons. The molecule has 0 aliphatic rings. The van der Waals surface area contributed by atoms with Crippen LogP contribution in [0.25, 0.3) is 11.3 Å². The van der Waals surface area contributed by atoms with Crippen molar-refractivity contribution in [3.05, 3.63) is 71.0 Å². The van der Waals surface area contributed by atoms with Gasteiger partial charge in [0.25, 0.3) is 5.91 Å². The summed E-state index contributed by atoms with van der Waals surface area (Å²) >= 11 is 5.90. The van der Waals surface area contributed by atoms with Crippen molar-refractivity contribution in [3.63, 3.8) is 0 Å². The zero-order chi connectivity index (χ0) is 18.0. The Kier molecular flexibility index (Phi) is 4.58. The number of anilines is 2. The minimum absolute atomic E-state index is 0.0811. The fourth-order valence-electron chi connectivity index (χ4n) is 2.21. The van der Waals surface area contributed by atoms with Gasteiger partial charge in [-0.3, -0.25) is 9.78 Å². The van der Waals surface area contributed by atoms with Crippen molar-refractivity contribution in [2.45, 2.75) is 0 Å². The Morgan fingerprint density at radius 3 is 2.68 bits per heavy atom. The van der Waals surface area contributed by atoms with E-state index >= 15 is 0 Å². The Morgan fingerprint density at radius 2 is 1.92 bits per heavy atom. The average Bonchev–Trinajstić information content (AvgIpc) is 2.58. The summed E-state index contributed by atoms with van der Waals surface area (Å²) in [6.45, 7) is 0. The zero-order valence-electron chi connectivity index (χ0n) is 12.6. The Morgan fingerprint density at radius 1 is 1.12 bits per heavy atom. The van der Waals surface area contributed by atoms with Crippen molar-refractivity contribution in [1.82, 2.24) is 9.97 Å². The van der Waals surface area contributed by atoms with Crippen LogP contribution in [0.2, 0.25) is 5.02 Å². The number of nitrogens with one attached hydrogen (secondary N) is 1. The van der Waals surface area contributed by atoms with Crippen molar-refractivity contribution in [3.8, 4) is 11.3 Å². The van der Waals surface area contributed by atoms with Crippen molar-refractivity contribution >= 4 is 29.0 Å². The molecule has 0 radical (unpaired) electrons. The number of halogens is 3. The number of rotatable bonds is 4. The van der Waals surface area contributed by atoms with E-state index in [1.807, 2.05) is 0 Å². The van der Waals surface area contributed by atoms with E-state index in [9.17, 15) is 13.6 Å². The number of carbonyl (C=O) groups is 1. The molecule has 0 fully saturated rings. The van der Waals surface area contributed by atoms with E-state index in [0.717, 1.165) is 12.3 Å².